The van der Waals surface area contributed by atoms with Crippen molar-refractivity contribution < 1.29 is 24.7 Å². The molecule has 0 aliphatic rings. The summed E-state index contributed by atoms with van der Waals surface area (Å²) in [6.07, 6.45) is -1.19. The third-order valence-electron chi connectivity index (χ3n) is 4.92. The fraction of sp³-hybridized carbons (Fsp3) is 0.346. The van der Waals surface area contributed by atoms with E-state index in [4.69, 9.17) is 5.21 Å². The summed E-state index contributed by atoms with van der Waals surface area (Å²) < 4.78 is 0. The Kier molecular flexibility index (Phi) is 10.4. The van der Waals surface area contributed by atoms with E-state index in [1.807, 2.05) is 24.1 Å². The van der Waals surface area contributed by atoms with E-state index in [0.717, 1.165) is 12.1 Å². The van der Waals surface area contributed by atoms with Gasteiger partial charge in [0.25, 0.3) is 11.8 Å². The van der Waals surface area contributed by atoms with Gasteiger partial charge in [0.2, 0.25) is 5.91 Å². The monoisotopic (exact) mass is 480 g/mol. The summed E-state index contributed by atoms with van der Waals surface area (Å²) in [4.78, 5) is 38.0. The predicted octanol–water partition coefficient (Wildman–Crippen LogP) is 1.60. The minimum Gasteiger partial charge on any atom is -0.391 e. The molecular weight excluding hydrogens is 448 g/mol. The molecule has 5 N–H and O–H groups in total. The molecule has 9 heteroatoms. The molecule has 3 amide bonds. The number of carbonyl (C=O) groups is 3. The van der Waals surface area contributed by atoms with E-state index in [1.165, 1.54) is 12.4 Å². The molecule has 0 aliphatic heterocycles. The Balaban J connectivity index is 1.96. The van der Waals surface area contributed by atoms with Gasteiger partial charge in [0.05, 0.1) is 12.6 Å². The Morgan fingerprint density at radius 2 is 1.49 bits per heavy atom. The standard InChI is InChI=1S/C26H32N4O5/c1-17(2)15-30(4)16-23(32)27-22-13-9-20(10-14-22)6-5-19-7-11-21(12-8-19)25(33)28-24(18(3)31)26(34)29-35/h7-14,17-18,24,31,35H,15-16H2,1-4H3,(H,27,32)(H,28,33)(H,29,34). The number of hydrogen-bond donors (Lipinski definition) is 5. The summed E-state index contributed by atoms with van der Waals surface area (Å²) in [5, 5.41) is 23.6. The Labute approximate surface area is 205 Å². The molecule has 2 unspecified atom stereocenters. The number of nitrogens with zero attached hydrogens (tertiary/aromatic N) is 1. The molecule has 2 aromatic rings. The number of carbonyl (C=O) groups excluding carboxylic acids is 3. The maximum atomic E-state index is 12.3. The highest BCUT2D eigenvalue weighted by atomic mass is 16.5. The molecule has 186 valence electrons. The molecule has 0 bridgehead atoms. The molecule has 0 saturated heterocycles. The van der Waals surface area contributed by atoms with Crippen LogP contribution >= 0.6 is 0 Å². The first-order valence-corrected chi connectivity index (χ1v) is 11.2. The van der Waals surface area contributed by atoms with Crippen molar-refractivity contribution in [3.63, 3.8) is 0 Å². The van der Waals surface area contributed by atoms with Crippen LogP contribution in [0.2, 0.25) is 0 Å². The number of hydrogen-bond acceptors (Lipinski definition) is 6. The lowest BCUT2D eigenvalue weighted by molar-refractivity contribution is -0.133. The lowest BCUT2D eigenvalue weighted by atomic mass is 10.1. The van der Waals surface area contributed by atoms with Crippen molar-refractivity contribution in [1.29, 1.82) is 0 Å². The molecule has 2 atom stereocenters. The van der Waals surface area contributed by atoms with Gasteiger partial charge in [0, 0.05) is 28.9 Å². The molecule has 35 heavy (non-hydrogen) atoms. The largest absolute Gasteiger partial charge is 0.391 e. The van der Waals surface area contributed by atoms with Gasteiger partial charge in [0.15, 0.2) is 0 Å². The molecule has 0 fully saturated rings. The number of amides is 3. The summed E-state index contributed by atoms with van der Waals surface area (Å²) in [5.74, 6) is 4.95. The quantitative estimate of drug-likeness (QED) is 0.211. The van der Waals surface area contributed by atoms with Gasteiger partial charge in [-0.15, -0.1) is 0 Å². The van der Waals surface area contributed by atoms with E-state index in [2.05, 4.69) is 36.3 Å². The van der Waals surface area contributed by atoms with Crippen molar-refractivity contribution in [2.75, 3.05) is 25.5 Å². The zero-order valence-corrected chi connectivity index (χ0v) is 20.3. The van der Waals surface area contributed by atoms with Crippen LogP contribution in [0, 0.1) is 17.8 Å². The first-order valence-electron chi connectivity index (χ1n) is 11.2. The van der Waals surface area contributed by atoms with Crippen molar-refractivity contribution in [3.8, 4) is 11.8 Å². The van der Waals surface area contributed by atoms with E-state index in [1.54, 1.807) is 36.4 Å². The molecule has 0 saturated carbocycles. The Morgan fingerprint density at radius 1 is 0.943 bits per heavy atom. The minimum absolute atomic E-state index is 0.0760. The van der Waals surface area contributed by atoms with Gasteiger partial charge in [-0.1, -0.05) is 25.7 Å². The van der Waals surface area contributed by atoms with Crippen LogP contribution in [0.1, 0.15) is 42.3 Å². The van der Waals surface area contributed by atoms with Gasteiger partial charge in [-0.05, 0) is 68.4 Å². The Hall–Kier alpha value is -3.71. The number of rotatable bonds is 9. The van der Waals surface area contributed by atoms with Crippen LogP contribution in [-0.2, 0) is 9.59 Å². The van der Waals surface area contributed by atoms with Gasteiger partial charge in [-0.25, -0.2) is 5.48 Å². The first kappa shape index (κ1) is 27.5. The van der Waals surface area contributed by atoms with E-state index in [0.29, 0.717) is 23.7 Å². The topological polar surface area (TPSA) is 131 Å². The highest BCUT2D eigenvalue weighted by Crippen LogP contribution is 2.10. The molecule has 0 aromatic heterocycles. The van der Waals surface area contributed by atoms with Crippen LogP contribution in [0.3, 0.4) is 0 Å². The number of aliphatic hydroxyl groups excluding tert-OH is 1. The molecule has 2 rings (SSSR count). The summed E-state index contributed by atoms with van der Waals surface area (Å²) in [6, 6.07) is 12.3. The highest BCUT2D eigenvalue weighted by Gasteiger charge is 2.25. The Bertz CT molecular complexity index is 1070. The van der Waals surface area contributed by atoms with Crippen molar-refractivity contribution in [2.24, 2.45) is 5.92 Å². The summed E-state index contributed by atoms with van der Waals surface area (Å²) in [5.41, 5.74) is 3.81. The Morgan fingerprint density at radius 3 is 1.97 bits per heavy atom. The van der Waals surface area contributed by atoms with Crippen LogP contribution in [-0.4, -0.2) is 65.2 Å². The second-order valence-corrected chi connectivity index (χ2v) is 8.71. The molecule has 0 spiro atoms. The zero-order valence-electron chi connectivity index (χ0n) is 20.3. The normalized spacial score (nSPS) is 12.3. The number of nitrogens with one attached hydrogen (secondary N) is 3. The third kappa shape index (κ3) is 9.22. The van der Waals surface area contributed by atoms with Crippen LogP contribution in [0.4, 0.5) is 5.69 Å². The molecule has 9 nitrogen and oxygen atoms in total. The van der Waals surface area contributed by atoms with Gasteiger partial charge >= 0.3 is 0 Å². The van der Waals surface area contributed by atoms with Crippen molar-refractivity contribution in [3.05, 3.63) is 65.2 Å². The molecule has 2 aromatic carbocycles. The van der Waals surface area contributed by atoms with Gasteiger partial charge < -0.3 is 15.7 Å². The van der Waals surface area contributed by atoms with Crippen LogP contribution in [0.5, 0.6) is 0 Å². The SMILES string of the molecule is CC(C)CN(C)CC(=O)Nc1ccc(C#Cc2ccc(C(=O)NC(C(=O)NO)C(C)O)cc2)cc1. The summed E-state index contributed by atoms with van der Waals surface area (Å²) in [6.45, 7) is 6.70. The first-order chi connectivity index (χ1) is 16.6. The van der Waals surface area contributed by atoms with Gasteiger partial charge in [0.1, 0.15) is 6.04 Å². The molecular formula is C26H32N4O5. The zero-order chi connectivity index (χ0) is 26.0. The average Bonchev–Trinajstić information content (AvgIpc) is 2.80. The number of likely N-dealkylation sites (N-methyl/N-ethyl adjacent to an activating group) is 1. The number of hydroxylamine groups is 1. The average molecular weight is 481 g/mol. The number of aliphatic hydroxyl groups is 1. The van der Waals surface area contributed by atoms with Crippen LogP contribution < -0.4 is 16.1 Å². The van der Waals surface area contributed by atoms with Gasteiger partial charge in [-0.3, -0.25) is 24.5 Å². The fourth-order valence-electron chi connectivity index (χ4n) is 3.32. The molecule has 0 radical (unpaired) electrons. The second kappa shape index (κ2) is 13.2. The van der Waals surface area contributed by atoms with Crippen LogP contribution in [0.25, 0.3) is 0 Å². The van der Waals surface area contributed by atoms with Crippen molar-refractivity contribution >= 4 is 23.4 Å². The number of benzene rings is 2. The lowest BCUT2D eigenvalue weighted by Crippen LogP contribution is -2.51. The summed E-state index contributed by atoms with van der Waals surface area (Å²) in [7, 11) is 1.92. The molecule has 0 heterocycles. The van der Waals surface area contributed by atoms with E-state index in [9.17, 15) is 19.5 Å². The van der Waals surface area contributed by atoms with Gasteiger partial charge in [-0.2, -0.15) is 0 Å². The number of anilines is 1. The maximum Gasteiger partial charge on any atom is 0.268 e. The maximum absolute atomic E-state index is 12.3. The third-order valence-corrected chi connectivity index (χ3v) is 4.92. The van der Waals surface area contributed by atoms with Crippen molar-refractivity contribution in [1.82, 2.24) is 15.7 Å². The lowest BCUT2D eigenvalue weighted by Gasteiger charge is -2.19. The van der Waals surface area contributed by atoms with Crippen LogP contribution in [0.15, 0.2) is 48.5 Å². The fourth-order valence-corrected chi connectivity index (χ4v) is 3.32. The van der Waals surface area contributed by atoms with E-state index in [-0.39, 0.29) is 11.5 Å². The highest BCUT2D eigenvalue weighted by molar-refractivity contribution is 5.97. The second-order valence-electron chi connectivity index (χ2n) is 8.71. The minimum atomic E-state index is -1.29. The van der Waals surface area contributed by atoms with Crippen molar-refractivity contribution in [2.45, 2.75) is 32.9 Å². The van der Waals surface area contributed by atoms with E-state index >= 15 is 0 Å². The predicted molar refractivity (Wildman–Crippen MR) is 133 cm³/mol. The summed E-state index contributed by atoms with van der Waals surface area (Å²) >= 11 is 0. The molecule has 0 aliphatic carbocycles. The smallest absolute Gasteiger partial charge is 0.268 e. The van der Waals surface area contributed by atoms with E-state index < -0.39 is 24.0 Å².